The summed E-state index contributed by atoms with van der Waals surface area (Å²) in [4.78, 5) is 26.4. The molecule has 18 heavy (non-hydrogen) atoms. The zero-order valence-electron chi connectivity index (χ0n) is 10.5. The number of fused-ring (bicyclic) bond motifs is 1. The maximum absolute atomic E-state index is 11.6. The van der Waals surface area contributed by atoms with E-state index < -0.39 is 11.7 Å². The van der Waals surface area contributed by atoms with Crippen molar-refractivity contribution in [1.29, 1.82) is 0 Å². The lowest BCUT2D eigenvalue weighted by molar-refractivity contribution is -0.112. The van der Waals surface area contributed by atoms with E-state index in [1.165, 1.54) is 6.08 Å². The van der Waals surface area contributed by atoms with Gasteiger partial charge in [0.1, 0.15) is 5.60 Å². The van der Waals surface area contributed by atoms with Crippen molar-refractivity contribution >= 4 is 23.8 Å². The Hall–Kier alpha value is -2.17. The first-order valence-electron chi connectivity index (χ1n) is 5.58. The summed E-state index contributed by atoms with van der Waals surface area (Å²) in [5.41, 5.74) is 0.00409. The van der Waals surface area contributed by atoms with E-state index in [9.17, 15) is 9.59 Å². The summed E-state index contributed by atoms with van der Waals surface area (Å²) >= 11 is 0. The summed E-state index contributed by atoms with van der Waals surface area (Å²) in [5, 5.41) is 3.92. The molecule has 5 heteroatoms. The maximum atomic E-state index is 11.6. The monoisotopic (exact) mass is 246 g/mol. The van der Waals surface area contributed by atoms with Crippen LogP contribution >= 0.6 is 0 Å². The van der Waals surface area contributed by atoms with Crippen molar-refractivity contribution in [3.63, 3.8) is 0 Å². The molecule has 0 bridgehead atoms. The first-order chi connectivity index (χ1) is 8.33. The molecule has 1 heterocycles. The van der Waals surface area contributed by atoms with Gasteiger partial charge in [-0.15, -0.1) is 0 Å². The smallest absolute Gasteiger partial charge is 0.412 e. The molecule has 0 aromatic heterocycles. The van der Waals surface area contributed by atoms with Crippen LogP contribution in [0.2, 0.25) is 0 Å². The average Bonchev–Trinajstić information content (AvgIpc) is 2.53. The molecule has 0 radical (unpaired) electrons. The van der Waals surface area contributed by atoms with E-state index in [4.69, 9.17) is 4.74 Å². The molecule has 5 nitrogen and oxygen atoms in total. The van der Waals surface area contributed by atoms with E-state index in [-0.39, 0.29) is 5.91 Å². The van der Waals surface area contributed by atoms with Gasteiger partial charge in [0.15, 0.2) is 0 Å². The Morgan fingerprint density at radius 3 is 2.72 bits per heavy atom. The van der Waals surface area contributed by atoms with Crippen LogP contribution in [0.1, 0.15) is 20.8 Å². The largest absolute Gasteiger partial charge is 0.444 e. The normalized spacial score (nSPS) is 13.4. The van der Waals surface area contributed by atoms with Crippen LogP contribution in [0.3, 0.4) is 0 Å². The molecule has 1 aliphatic heterocycles. The number of ether oxygens (including phenoxy) is 1. The molecule has 0 saturated carbocycles. The molecular weight excluding hydrogens is 232 g/mol. The number of hydrogen-bond donors (Lipinski definition) is 1. The van der Waals surface area contributed by atoms with Crippen molar-refractivity contribution < 1.29 is 14.3 Å². The van der Waals surface area contributed by atoms with Gasteiger partial charge in [-0.3, -0.25) is 10.1 Å². The number of carbonyl (C=O) groups is 2. The van der Waals surface area contributed by atoms with Gasteiger partial charge in [0.05, 0.1) is 5.36 Å². The Balaban J connectivity index is 2.16. The van der Waals surface area contributed by atoms with Crippen molar-refractivity contribution in [1.82, 2.24) is 0 Å². The molecule has 2 amide bonds. The van der Waals surface area contributed by atoms with Gasteiger partial charge < -0.3 is 4.74 Å². The molecule has 0 fully saturated rings. The number of nitrogens with zero attached hydrogens (tertiary/aromatic N) is 1. The van der Waals surface area contributed by atoms with Gasteiger partial charge in [0, 0.05) is 17.0 Å². The predicted molar refractivity (Wildman–Crippen MR) is 66.6 cm³/mol. The molecule has 1 aromatic carbocycles. The highest BCUT2D eigenvalue weighted by molar-refractivity contribution is 6.06. The van der Waals surface area contributed by atoms with Crippen LogP contribution in [0.25, 0.3) is 6.08 Å². The van der Waals surface area contributed by atoms with Crippen LogP contribution in [0.5, 0.6) is 0 Å². The molecule has 1 aromatic rings. The van der Waals surface area contributed by atoms with E-state index in [1.54, 1.807) is 39.0 Å². The lowest BCUT2D eigenvalue weighted by Gasteiger charge is -2.19. The van der Waals surface area contributed by atoms with Crippen molar-refractivity contribution in [3.8, 4) is 0 Å². The molecule has 2 rings (SSSR count). The second-order valence-corrected chi connectivity index (χ2v) is 4.99. The number of hydrogen-bond acceptors (Lipinski definition) is 3. The fraction of sp³-hybridized carbons (Fsp3) is 0.308. The second kappa shape index (κ2) is 4.25. The van der Waals surface area contributed by atoms with Crippen molar-refractivity contribution in [2.45, 2.75) is 26.4 Å². The van der Waals surface area contributed by atoms with Gasteiger partial charge in [-0.25, -0.2) is 9.79 Å². The van der Waals surface area contributed by atoms with Crippen molar-refractivity contribution in [2.24, 2.45) is 4.99 Å². The van der Waals surface area contributed by atoms with Crippen LogP contribution in [0, 0.1) is 0 Å². The van der Waals surface area contributed by atoms with Crippen LogP contribution < -0.4 is 15.9 Å². The number of nitrogens with one attached hydrogen (secondary N) is 1. The SMILES string of the molecule is CC(C)(C)OC(=O)Nc1ccc2c(c1)=NC(=O)C=2. The average molecular weight is 246 g/mol. The lowest BCUT2D eigenvalue weighted by atomic mass is 10.2. The molecule has 0 saturated heterocycles. The number of carbonyl (C=O) groups excluding carboxylic acids is 2. The van der Waals surface area contributed by atoms with Gasteiger partial charge in [-0.05, 0) is 32.9 Å². The zero-order chi connectivity index (χ0) is 13.3. The maximum Gasteiger partial charge on any atom is 0.412 e. The van der Waals surface area contributed by atoms with Gasteiger partial charge in [-0.2, -0.15) is 0 Å². The number of anilines is 1. The third-order valence-electron chi connectivity index (χ3n) is 2.19. The van der Waals surface area contributed by atoms with E-state index in [2.05, 4.69) is 10.3 Å². The van der Waals surface area contributed by atoms with Gasteiger partial charge in [0.25, 0.3) is 5.91 Å². The van der Waals surface area contributed by atoms with E-state index in [1.807, 2.05) is 0 Å². The Kier molecular flexibility index (Phi) is 2.90. The topological polar surface area (TPSA) is 67.8 Å². The summed E-state index contributed by atoms with van der Waals surface area (Å²) in [6, 6.07) is 5.07. The zero-order valence-corrected chi connectivity index (χ0v) is 10.5. The minimum Gasteiger partial charge on any atom is -0.444 e. The third-order valence-corrected chi connectivity index (χ3v) is 2.19. The molecule has 0 unspecified atom stereocenters. The highest BCUT2D eigenvalue weighted by Crippen LogP contribution is 2.09. The summed E-state index contributed by atoms with van der Waals surface area (Å²) in [5.74, 6) is -0.278. The van der Waals surface area contributed by atoms with E-state index in [0.717, 1.165) is 5.22 Å². The molecule has 0 atom stereocenters. The van der Waals surface area contributed by atoms with Gasteiger partial charge in [-0.1, -0.05) is 6.07 Å². The Labute approximate surface area is 104 Å². The van der Waals surface area contributed by atoms with Crippen molar-refractivity contribution in [2.75, 3.05) is 5.32 Å². The van der Waals surface area contributed by atoms with Crippen LogP contribution in [-0.4, -0.2) is 17.6 Å². The molecule has 94 valence electrons. The van der Waals surface area contributed by atoms with E-state index >= 15 is 0 Å². The Morgan fingerprint density at radius 1 is 1.33 bits per heavy atom. The summed E-state index contributed by atoms with van der Waals surface area (Å²) < 4.78 is 5.13. The quantitative estimate of drug-likeness (QED) is 0.803. The fourth-order valence-electron chi connectivity index (χ4n) is 1.55. The summed E-state index contributed by atoms with van der Waals surface area (Å²) in [6.45, 7) is 5.37. The molecule has 1 N–H and O–H groups in total. The summed E-state index contributed by atoms with van der Waals surface area (Å²) in [7, 11) is 0. The molecular formula is C13H14N2O3. The molecule has 1 aliphatic rings. The molecule has 0 spiro atoms. The third kappa shape index (κ3) is 2.94. The standard InChI is InChI=1S/C13H14N2O3/c1-13(2,3)18-12(17)14-9-5-4-8-6-11(16)15-10(8)7-9/h4-7H,1-3H3,(H,14,17). The predicted octanol–water partition coefficient (Wildman–Crippen LogP) is 0.974. The Bertz CT molecular complexity index is 627. The highest BCUT2D eigenvalue weighted by atomic mass is 16.6. The highest BCUT2D eigenvalue weighted by Gasteiger charge is 2.16. The summed E-state index contributed by atoms with van der Waals surface area (Å²) in [6.07, 6.45) is 0.919. The van der Waals surface area contributed by atoms with Crippen LogP contribution in [0.15, 0.2) is 23.2 Å². The van der Waals surface area contributed by atoms with E-state index in [0.29, 0.717) is 11.0 Å². The van der Waals surface area contributed by atoms with Crippen LogP contribution in [0.4, 0.5) is 10.5 Å². The minimum atomic E-state index is -0.547. The molecule has 0 aliphatic carbocycles. The Morgan fingerprint density at radius 2 is 2.06 bits per heavy atom. The van der Waals surface area contributed by atoms with Gasteiger partial charge >= 0.3 is 6.09 Å². The lowest BCUT2D eigenvalue weighted by Crippen LogP contribution is -2.28. The van der Waals surface area contributed by atoms with Crippen molar-refractivity contribution in [3.05, 3.63) is 28.8 Å². The van der Waals surface area contributed by atoms with Gasteiger partial charge in [0.2, 0.25) is 0 Å². The first kappa shape index (κ1) is 12.3. The number of amides is 2. The minimum absolute atomic E-state index is 0.278. The fourth-order valence-corrected chi connectivity index (χ4v) is 1.55. The number of benzene rings is 1. The van der Waals surface area contributed by atoms with Crippen LogP contribution in [-0.2, 0) is 9.53 Å². The first-order valence-corrected chi connectivity index (χ1v) is 5.58. The second-order valence-electron chi connectivity index (χ2n) is 4.99. The number of rotatable bonds is 1.